The van der Waals surface area contributed by atoms with Gasteiger partial charge in [-0.25, -0.2) is 4.98 Å². The molecule has 1 heterocycles. The van der Waals surface area contributed by atoms with E-state index >= 15 is 0 Å². The van der Waals surface area contributed by atoms with Crippen LogP contribution in [-0.4, -0.2) is 16.7 Å². The van der Waals surface area contributed by atoms with Crippen LogP contribution in [0.3, 0.4) is 0 Å². The van der Waals surface area contributed by atoms with E-state index in [0.717, 1.165) is 17.8 Å². The van der Waals surface area contributed by atoms with Crippen LogP contribution in [0.1, 0.15) is 28.0 Å². The zero-order valence-corrected chi connectivity index (χ0v) is 7.60. The van der Waals surface area contributed by atoms with Crippen molar-refractivity contribution in [2.75, 3.05) is 6.61 Å². The van der Waals surface area contributed by atoms with E-state index in [1.165, 1.54) is 17.0 Å². The van der Waals surface area contributed by atoms with E-state index in [0.29, 0.717) is 0 Å². The lowest BCUT2D eigenvalue weighted by atomic mass is 10.3. The Balaban J connectivity index is 2.25. The third-order valence-corrected chi connectivity index (χ3v) is 3.42. The molecule has 66 valence electrons. The number of nitrogens with zero attached hydrogens (tertiary/aromatic N) is 1. The van der Waals surface area contributed by atoms with Crippen LogP contribution in [0.4, 0.5) is 0 Å². The highest BCUT2D eigenvalue weighted by Crippen LogP contribution is 2.29. The minimum Gasteiger partial charge on any atom is -0.394 e. The van der Waals surface area contributed by atoms with Crippen LogP contribution in [0.25, 0.3) is 0 Å². The van der Waals surface area contributed by atoms with Crippen molar-refractivity contribution in [3.05, 3.63) is 15.6 Å². The Kier molecular flexibility index (Phi) is 2.12. The summed E-state index contributed by atoms with van der Waals surface area (Å²) < 4.78 is 0. The highest BCUT2D eigenvalue weighted by molar-refractivity contribution is 7.11. The van der Waals surface area contributed by atoms with E-state index in [9.17, 15) is 0 Å². The highest BCUT2D eigenvalue weighted by atomic mass is 32.1. The zero-order chi connectivity index (χ0) is 8.55. The van der Waals surface area contributed by atoms with E-state index in [2.05, 4.69) is 4.98 Å². The molecule has 0 aliphatic heterocycles. The number of hydrogen-bond acceptors (Lipinski definition) is 4. The third kappa shape index (κ3) is 1.26. The summed E-state index contributed by atoms with van der Waals surface area (Å²) in [6, 6.07) is -0.277. The summed E-state index contributed by atoms with van der Waals surface area (Å²) in [6.45, 7) is -0.00755. The number of hydrogen-bond donors (Lipinski definition) is 2. The summed E-state index contributed by atoms with van der Waals surface area (Å²) in [5, 5.41) is 9.71. The predicted molar refractivity (Wildman–Crippen MR) is 48.2 cm³/mol. The second-order valence-electron chi connectivity index (χ2n) is 3.06. The topological polar surface area (TPSA) is 59.1 Å². The molecular weight excluding hydrogens is 172 g/mol. The SMILES string of the molecule is NC(CO)c1nc2c(s1)CCC2. The first-order valence-corrected chi connectivity index (χ1v) is 4.98. The van der Waals surface area contributed by atoms with Gasteiger partial charge in [0.15, 0.2) is 0 Å². The summed E-state index contributed by atoms with van der Waals surface area (Å²) in [4.78, 5) is 5.76. The first-order valence-electron chi connectivity index (χ1n) is 4.16. The first kappa shape index (κ1) is 8.16. The van der Waals surface area contributed by atoms with E-state index in [1.807, 2.05) is 0 Å². The average molecular weight is 184 g/mol. The van der Waals surface area contributed by atoms with E-state index in [4.69, 9.17) is 10.8 Å². The Morgan fingerprint density at radius 1 is 1.58 bits per heavy atom. The molecule has 0 saturated carbocycles. The van der Waals surface area contributed by atoms with Gasteiger partial charge in [-0.3, -0.25) is 0 Å². The van der Waals surface area contributed by atoms with E-state index in [1.54, 1.807) is 11.3 Å². The maximum absolute atomic E-state index is 8.82. The van der Waals surface area contributed by atoms with Crippen LogP contribution in [0.2, 0.25) is 0 Å². The third-order valence-electron chi connectivity index (χ3n) is 2.13. The molecule has 1 aliphatic rings. The molecule has 1 atom stereocenters. The van der Waals surface area contributed by atoms with Crippen molar-refractivity contribution in [1.29, 1.82) is 0 Å². The number of thiazole rings is 1. The Hall–Kier alpha value is -0.450. The molecule has 1 aliphatic carbocycles. The minimum atomic E-state index is -0.277. The molecule has 1 aromatic heterocycles. The largest absolute Gasteiger partial charge is 0.394 e. The van der Waals surface area contributed by atoms with Crippen LogP contribution >= 0.6 is 11.3 Å². The quantitative estimate of drug-likeness (QED) is 0.708. The molecule has 0 saturated heterocycles. The molecule has 0 spiro atoms. The monoisotopic (exact) mass is 184 g/mol. The van der Waals surface area contributed by atoms with Gasteiger partial charge in [0, 0.05) is 4.88 Å². The molecule has 0 amide bonds. The smallest absolute Gasteiger partial charge is 0.112 e. The highest BCUT2D eigenvalue weighted by Gasteiger charge is 2.19. The van der Waals surface area contributed by atoms with Crippen molar-refractivity contribution in [2.24, 2.45) is 5.73 Å². The van der Waals surface area contributed by atoms with E-state index < -0.39 is 0 Å². The van der Waals surface area contributed by atoms with Crippen molar-refractivity contribution in [3.63, 3.8) is 0 Å². The summed E-state index contributed by atoms with van der Waals surface area (Å²) in [7, 11) is 0. The molecule has 0 fully saturated rings. The fraction of sp³-hybridized carbons (Fsp3) is 0.625. The van der Waals surface area contributed by atoms with Crippen molar-refractivity contribution in [2.45, 2.75) is 25.3 Å². The number of aliphatic hydroxyl groups excluding tert-OH is 1. The maximum atomic E-state index is 8.82. The molecular formula is C8H12N2OS. The van der Waals surface area contributed by atoms with Crippen LogP contribution < -0.4 is 5.73 Å². The number of fused-ring (bicyclic) bond motifs is 1. The van der Waals surface area contributed by atoms with E-state index in [-0.39, 0.29) is 12.6 Å². The van der Waals surface area contributed by atoms with Gasteiger partial charge in [-0.1, -0.05) is 0 Å². The molecule has 0 bridgehead atoms. The Bertz CT molecular complexity index is 263. The van der Waals surface area contributed by atoms with Gasteiger partial charge in [-0.15, -0.1) is 11.3 Å². The summed E-state index contributed by atoms with van der Waals surface area (Å²) >= 11 is 1.66. The number of aliphatic hydroxyl groups is 1. The summed E-state index contributed by atoms with van der Waals surface area (Å²) in [5.74, 6) is 0. The van der Waals surface area contributed by atoms with Gasteiger partial charge < -0.3 is 10.8 Å². The van der Waals surface area contributed by atoms with Crippen molar-refractivity contribution in [3.8, 4) is 0 Å². The maximum Gasteiger partial charge on any atom is 0.112 e. The lowest BCUT2D eigenvalue weighted by Crippen LogP contribution is -2.14. The number of rotatable bonds is 2. The normalized spacial score (nSPS) is 17.8. The fourth-order valence-corrected chi connectivity index (χ4v) is 2.59. The van der Waals surface area contributed by atoms with Gasteiger partial charge in [0.1, 0.15) is 5.01 Å². The second-order valence-corrected chi connectivity index (χ2v) is 4.18. The second kappa shape index (κ2) is 3.12. The lowest BCUT2D eigenvalue weighted by Gasteiger charge is -2.01. The molecule has 12 heavy (non-hydrogen) atoms. The lowest BCUT2D eigenvalue weighted by molar-refractivity contribution is 0.267. The van der Waals surface area contributed by atoms with Crippen LogP contribution in [0, 0.1) is 0 Å². The molecule has 0 radical (unpaired) electrons. The average Bonchev–Trinajstić information content (AvgIpc) is 2.60. The number of nitrogens with two attached hydrogens (primary N) is 1. The molecule has 4 heteroatoms. The molecule has 2 rings (SSSR count). The van der Waals surface area contributed by atoms with Crippen LogP contribution in [0.5, 0.6) is 0 Å². The Morgan fingerprint density at radius 2 is 2.42 bits per heavy atom. The molecule has 3 N–H and O–H groups in total. The van der Waals surface area contributed by atoms with Crippen molar-refractivity contribution in [1.82, 2.24) is 4.98 Å². The van der Waals surface area contributed by atoms with Crippen molar-refractivity contribution >= 4 is 11.3 Å². The number of aromatic nitrogens is 1. The van der Waals surface area contributed by atoms with Gasteiger partial charge in [0.05, 0.1) is 18.3 Å². The summed E-state index contributed by atoms with van der Waals surface area (Å²) in [6.07, 6.45) is 3.46. The fourth-order valence-electron chi connectivity index (χ4n) is 1.45. The van der Waals surface area contributed by atoms with Crippen LogP contribution in [0.15, 0.2) is 0 Å². The van der Waals surface area contributed by atoms with Gasteiger partial charge >= 0.3 is 0 Å². The van der Waals surface area contributed by atoms with Crippen molar-refractivity contribution < 1.29 is 5.11 Å². The molecule has 1 aromatic rings. The first-order chi connectivity index (χ1) is 5.81. The molecule has 0 aromatic carbocycles. The van der Waals surface area contributed by atoms with Gasteiger partial charge in [-0.05, 0) is 19.3 Å². The number of aryl methyl sites for hydroxylation is 2. The predicted octanol–water partition coefficient (Wildman–Crippen LogP) is 0.624. The summed E-state index contributed by atoms with van der Waals surface area (Å²) in [5.41, 5.74) is 6.86. The zero-order valence-electron chi connectivity index (χ0n) is 6.79. The molecule has 1 unspecified atom stereocenters. The van der Waals surface area contributed by atoms with Gasteiger partial charge in [0.25, 0.3) is 0 Å². The minimum absolute atomic E-state index is 0.00755. The Morgan fingerprint density at radius 3 is 3.08 bits per heavy atom. The standard InChI is InChI=1S/C8H12N2OS/c9-5(4-11)8-10-6-2-1-3-7(6)12-8/h5,11H,1-4,9H2. The van der Waals surface area contributed by atoms with Gasteiger partial charge in [0.2, 0.25) is 0 Å². The van der Waals surface area contributed by atoms with Crippen LogP contribution in [-0.2, 0) is 12.8 Å². The Labute approximate surface area is 75.2 Å². The molecule has 3 nitrogen and oxygen atoms in total. The van der Waals surface area contributed by atoms with Gasteiger partial charge in [-0.2, -0.15) is 0 Å².